The van der Waals surface area contributed by atoms with Gasteiger partial charge in [0, 0.05) is 12.6 Å². The third-order valence-electron chi connectivity index (χ3n) is 4.28. The summed E-state index contributed by atoms with van der Waals surface area (Å²) in [5.74, 6) is 0.447. The van der Waals surface area contributed by atoms with E-state index < -0.39 is 7.92 Å². The second kappa shape index (κ2) is 11.1. The lowest BCUT2D eigenvalue weighted by atomic mass is 10.1. The van der Waals surface area contributed by atoms with Gasteiger partial charge in [0.25, 0.3) is 0 Å². The summed E-state index contributed by atoms with van der Waals surface area (Å²) in [4.78, 5) is 11.4. The zero-order valence-electron chi connectivity index (χ0n) is 16.0. The second-order valence-corrected chi connectivity index (χ2v) is 9.14. The van der Waals surface area contributed by atoms with Crippen LogP contribution in [0.15, 0.2) is 60.7 Å². The van der Waals surface area contributed by atoms with Gasteiger partial charge >= 0.3 is 5.97 Å². The van der Waals surface area contributed by atoms with Gasteiger partial charge < -0.3 is 10.1 Å². The van der Waals surface area contributed by atoms with Crippen molar-refractivity contribution in [3.8, 4) is 0 Å². The third-order valence-corrected chi connectivity index (χ3v) is 6.93. The largest absolute Gasteiger partial charge is 0.469 e. The molecule has 26 heavy (non-hydrogen) atoms. The van der Waals surface area contributed by atoms with Crippen LogP contribution in [0.4, 0.5) is 0 Å². The highest BCUT2D eigenvalue weighted by molar-refractivity contribution is 7.73. The number of nitrogens with one attached hydrogen (secondary N) is 1. The van der Waals surface area contributed by atoms with E-state index in [9.17, 15) is 4.79 Å². The van der Waals surface area contributed by atoms with E-state index in [0.29, 0.717) is 24.9 Å². The van der Waals surface area contributed by atoms with Crippen LogP contribution >= 0.6 is 7.92 Å². The molecule has 0 aliphatic carbocycles. The molecule has 2 aromatic carbocycles. The number of methoxy groups -OCH3 is 1. The topological polar surface area (TPSA) is 38.3 Å². The van der Waals surface area contributed by atoms with E-state index in [0.717, 1.165) is 12.6 Å². The maximum absolute atomic E-state index is 11.4. The molecule has 0 saturated heterocycles. The SMILES string of the molecule is COC(=O)CCN[C@@H](CC(C)C)CP(c1ccccc1)c1ccccc1. The molecule has 0 heterocycles. The smallest absolute Gasteiger partial charge is 0.306 e. The summed E-state index contributed by atoms with van der Waals surface area (Å²) in [5.41, 5.74) is 0. The van der Waals surface area contributed by atoms with Crippen molar-refractivity contribution in [3.05, 3.63) is 60.7 Å². The van der Waals surface area contributed by atoms with Gasteiger partial charge in [0.2, 0.25) is 0 Å². The molecule has 0 spiro atoms. The Balaban J connectivity index is 2.14. The van der Waals surface area contributed by atoms with Gasteiger partial charge in [-0.05, 0) is 37.0 Å². The lowest BCUT2D eigenvalue weighted by molar-refractivity contribution is -0.140. The number of carbonyl (C=O) groups is 1. The van der Waals surface area contributed by atoms with Crippen molar-refractivity contribution in [3.63, 3.8) is 0 Å². The fourth-order valence-electron chi connectivity index (χ4n) is 3.07. The number of benzene rings is 2. The first kappa shape index (κ1) is 20.6. The Morgan fingerprint density at radius 1 is 1.00 bits per heavy atom. The van der Waals surface area contributed by atoms with Crippen molar-refractivity contribution in [2.75, 3.05) is 19.8 Å². The number of esters is 1. The summed E-state index contributed by atoms with van der Waals surface area (Å²) in [6.45, 7) is 5.17. The molecule has 3 nitrogen and oxygen atoms in total. The Bertz CT molecular complexity index is 606. The molecule has 0 unspecified atom stereocenters. The van der Waals surface area contributed by atoms with Crippen molar-refractivity contribution in [1.29, 1.82) is 0 Å². The first-order valence-electron chi connectivity index (χ1n) is 9.28. The highest BCUT2D eigenvalue weighted by atomic mass is 31.1. The average molecular weight is 371 g/mol. The van der Waals surface area contributed by atoms with Crippen LogP contribution in [0.3, 0.4) is 0 Å². The number of rotatable bonds is 10. The normalized spacial score (nSPS) is 12.3. The fraction of sp³-hybridized carbons (Fsp3) is 0.409. The summed E-state index contributed by atoms with van der Waals surface area (Å²) >= 11 is 0. The minimum Gasteiger partial charge on any atom is -0.469 e. The summed E-state index contributed by atoms with van der Waals surface area (Å²) in [6.07, 6.45) is 2.59. The molecule has 2 rings (SSSR count). The Hall–Kier alpha value is -1.70. The third kappa shape index (κ3) is 6.90. The average Bonchev–Trinajstić information content (AvgIpc) is 2.66. The highest BCUT2D eigenvalue weighted by Crippen LogP contribution is 2.35. The van der Waals surface area contributed by atoms with E-state index in [2.05, 4.69) is 79.8 Å². The second-order valence-electron chi connectivity index (χ2n) is 6.89. The molecule has 0 saturated carbocycles. The van der Waals surface area contributed by atoms with Crippen LogP contribution in [0.5, 0.6) is 0 Å². The lowest BCUT2D eigenvalue weighted by Crippen LogP contribution is -2.36. The predicted octanol–water partition coefficient (Wildman–Crippen LogP) is 3.69. The predicted molar refractivity (Wildman–Crippen MR) is 112 cm³/mol. The van der Waals surface area contributed by atoms with Gasteiger partial charge in [-0.2, -0.15) is 0 Å². The van der Waals surface area contributed by atoms with Crippen LogP contribution in [-0.2, 0) is 9.53 Å². The molecular weight excluding hydrogens is 341 g/mol. The molecule has 1 N–H and O–H groups in total. The lowest BCUT2D eigenvalue weighted by Gasteiger charge is -2.27. The fourth-order valence-corrected chi connectivity index (χ4v) is 5.57. The Labute approximate surface area is 158 Å². The van der Waals surface area contributed by atoms with Crippen molar-refractivity contribution in [1.82, 2.24) is 5.32 Å². The Kier molecular flexibility index (Phi) is 8.80. The highest BCUT2D eigenvalue weighted by Gasteiger charge is 2.20. The van der Waals surface area contributed by atoms with Crippen molar-refractivity contribution in [2.45, 2.75) is 32.7 Å². The molecular formula is C22H30NO2P. The Morgan fingerprint density at radius 2 is 1.54 bits per heavy atom. The van der Waals surface area contributed by atoms with Crippen molar-refractivity contribution in [2.24, 2.45) is 5.92 Å². The molecule has 2 aromatic rings. The number of hydrogen-bond donors (Lipinski definition) is 1. The van der Waals surface area contributed by atoms with E-state index >= 15 is 0 Å². The van der Waals surface area contributed by atoms with Gasteiger partial charge in [-0.25, -0.2) is 0 Å². The minimum absolute atomic E-state index is 0.158. The van der Waals surface area contributed by atoms with Crippen LogP contribution in [0, 0.1) is 5.92 Å². The van der Waals surface area contributed by atoms with Crippen molar-refractivity contribution < 1.29 is 9.53 Å². The molecule has 0 aromatic heterocycles. The summed E-state index contributed by atoms with van der Waals surface area (Å²) in [6, 6.07) is 21.9. The molecule has 0 bridgehead atoms. The van der Waals surface area contributed by atoms with E-state index in [-0.39, 0.29) is 5.97 Å². The van der Waals surface area contributed by atoms with Crippen LogP contribution in [0.1, 0.15) is 26.7 Å². The first-order valence-corrected chi connectivity index (χ1v) is 10.8. The number of hydrogen-bond acceptors (Lipinski definition) is 3. The molecule has 0 amide bonds. The molecule has 0 radical (unpaired) electrons. The molecule has 0 aliphatic rings. The van der Waals surface area contributed by atoms with Crippen LogP contribution < -0.4 is 15.9 Å². The van der Waals surface area contributed by atoms with Gasteiger partial charge in [0.1, 0.15) is 0 Å². The first-order chi connectivity index (χ1) is 12.6. The number of carbonyl (C=O) groups excluding carboxylic acids is 1. The van der Waals surface area contributed by atoms with Gasteiger partial charge in [-0.3, -0.25) is 4.79 Å². The van der Waals surface area contributed by atoms with Crippen LogP contribution in [0.2, 0.25) is 0 Å². The zero-order chi connectivity index (χ0) is 18.8. The summed E-state index contributed by atoms with van der Waals surface area (Å²) in [5, 5.41) is 6.40. The molecule has 0 aliphatic heterocycles. The van der Waals surface area contributed by atoms with E-state index in [4.69, 9.17) is 4.74 Å². The summed E-state index contributed by atoms with van der Waals surface area (Å²) in [7, 11) is 1.01. The van der Waals surface area contributed by atoms with Crippen LogP contribution in [0.25, 0.3) is 0 Å². The summed E-state index contributed by atoms with van der Waals surface area (Å²) < 4.78 is 4.76. The standard InChI is InChI=1S/C22H30NO2P/c1-18(2)16-19(23-15-14-22(24)25-3)17-26(20-10-6-4-7-11-20)21-12-8-5-9-13-21/h4-13,18-19,23H,14-17H2,1-3H3/t19-/m0/s1. The minimum atomic E-state index is -0.435. The van der Waals surface area contributed by atoms with Crippen molar-refractivity contribution >= 4 is 24.5 Å². The van der Waals surface area contributed by atoms with Gasteiger partial charge in [-0.15, -0.1) is 0 Å². The van der Waals surface area contributed by atoms with E-state index in [1.54, 1.807) is 0 Å². The maximum atomic E-state index is 11.4. The number of ether oxygens (including phenoxy) is 1. The van der Waals surface area contributed by atoms with E-state index in [1.165, 1.54) is 17.7 Å². The Morgan fingerprint density at radius 3 is 2.00 bits per heavy atom. The molecule has 140 valence electrons. The van der Waals surface area contributed by atoms with Gasteiger partial charge in [0.15, 0.2) is 0 Å². The van der Waals surface area contributed by atoms with Crippen LogP contribution in [-0.4, -0.2) is 31.8 Å². The quantitative estimate of drug-likeness (QED) is 0.511. The van der Waals surface area contributed by atoms with Gasteiger partial charge in [0.05, 0.1) is 13.5 Å². The van der Waals surface area contributed by atoms with Gasteiger partial charge in [-0.1, -0.05) is 74.5 Å². The molecule has 1 atom stereocenters. The molecule has 4 heteroatoms. The van der Waals surface area contributed by atoms with E-state index in [1.807, 2.05) is 0 Å². The monoisotopic (exact) mass is 371 g/mol. The maximum Gasteiger partial charge on any atom is 0.306 e. The molecule has 0 fully saturated rings. The zero-order valence-corrected chi connectivity index (χ0v) is 16.9.